The second-order valence-corrected chi connectivity index (χ2v) is 4.97. The number of imide groups is 1. The summed E-state index contributed by atoms with van der Waals surface area (Å²) in [5.74, 6) is -0.677. The van der Waals surface area contributed by atoms with Gasteiger partial charge in [0.05, 0.1) is 0 Å². The fraction of sp³-hybridized carbons (Fsp3) is 0.429. The van der Waals surface area contributed by atoms with Crippen LogP contribution in [-0.2, 0) is 4.79 Å². The number of amides is 3. The van der Waals surface area contributed by atoms with Gasteiger partial charge in [-0.05, 0) is 17.7 Å². The van der Waals surface area contributed by atoms with Gasteiger partial charge in [-0.3, -0.25) is 15.0 Å². The largest absolute Gasteiger partial charge is 0.351 e. The molecule has 3 amide bonds. The minimum atomic E-state index is -0.845. The smallest absolute Gasteiger partial charge is 0.318 e. The van der Waals surface area contributed by atoms with Crippen molar-refractivity contribution in [2.24, 2.45) is 5.73 Å². The maximum absolute atomic E-state index is 13.4. The summed E-state index contributed by atoms with van der Waals surface area (Å²) < 4.78 is 13.4. The van der Waals surface area contributed by atoms with Crippen molar-refractivity contribution in [3.05, 3.63) is 35.6 Å². The zero-order chi connectivity index (χ0) is 15.2. The molecule has 22 heavy (non-hydrogen) atoms. The molecule has 0 bridgehead atoms. The van der Waals surface area contributed by atoms with Crippen molar-refractivity contribution in [1.29, 1.82) is 0 Å². The average Bonchev–Trinajstić information content (AvgIpc) is 2.45. The Morgan fingerprint density at radius 2 is 2.23 bits per heavy atom. The van der Waals surface area contributed by atoms with Gasteiger partial charge < -0.3 is 11.1 Å². The van der Waals surface area contributed by atoms with Crippen LogP contribution in [0.2, 0.25) is 0 Å². The van der Waals surface area contributed by atoms with Crippen LogP contribution in [0.5, 0.6) is 0 Å². The van der Waals surface area contributed by atoms with Crippen molar-refractivity contribution in [1.82, 2.24) is 15.5 Å². The Bertz CT molecular complexity index is 529. The molecule has 1 fully saturated rings. The highest BCUT2D eigenvalue weighted by molar-refractivity contribution is 5.93. The van der Waals surface area contributed by atoms with Crippen LogP contribution in [-0.4, -0.2) is 43.0 Å². The van der Waals surface area contributed by atoms with E-state index in [9.17, 15) is 14.0 Å². The van der Waals surface area contributed by atoms with E-state index in [4.69, 9.17) is 5.73 Å². The molecule has 6 nitrogen and oxygen atoms in total. The summed E-state index contributed by atoms with van der Waals surface area (Å²) in [5, 5.41) is 5.31. The minimum absolute atomic E-state index is 0. The van der Waals surface area contributed by atoms with Gasteiger partial charge in [0.25, 0.3) is 0 Å². The SMILES string of the molecule is Cl.NC(=O)NC(=O)CCN1CCNCC1c1cccc(F)c1. The molecular weight excluding hydrogens is 311 g/mol. The highest BCUT2D eigenvalue weighted by Gasteiger charge is 2.24. The lowest BCUT2D eigenvalue weighted by molar-refractivity contribution is -0.120. The minimum Gasteiger partial charge on any atom is -0.351 e. The molecule has 4 N–H and O–H groups in total. The average molecular weight is 331 g/mol. The van der Waals surface area contributed by atoms with Gasteiger partial charge >= 0.3 is 6.03 Å². The first-order valence-corrected chi connectivity index (χ1v) is 6.86. The van der Waals surface area contributed by atoms with Gasteiger partial charge in [0.2, 0.25) is 5.91 Å². The number of nitrogens with zero attached hydrogens (tertiary/aromatic N) is 1. The highest BCUT2D eigenvalue weighted by Crippen LogP contribution is 2.22. The van der Waals surface area contributed by atoms with Gasteiger partial charge in [-0.25, -0.2) is 9.18 Å². The van der Waals surface area contributed by atoms with Crippen LogP contribution in [0.4, 0.5) is 9.18 Å². The maximum Gasteiger partial charge on any atom is 0.318 e. The lowest BCUT2D eigenvalue weighted by Crippen LogP contribution is -2.47. The Morgan fingerprint density at radius 3 is 2.91 bits per heavy atom. The number of rotatable bonds is 4. The molecule has 2 rings (SSSR count). The topological polar surface area (TPSA) is 87.5 Å². The van der Waals surface area contributed by atoms with Gasteiger partial charge in [-0.2, -0.15) is 0 Å². The van der Waals surface area contributed by atoms with Gasteiger partial charge in [-0.15, -0.1) is 12.4 Å². The molecule has 0 radical (unpaired) electrons. The van der Waals surface area contributed by atoms with Gasteiger partial charge in [0.15, 0.2) is 0 Å². The van der Waals surface area contributed by atoms with E-state index < -0.39 is 11.9 Å². The second kappa shape index (κ2) is 8.67. The molecule has 1 atom stereocenters. The summed E-state index contributed by atoms with van der Waals surface area (Å²) in [5.41, 5.74) is 5.77. The first-order valence-electron chi connectivity index (χ1n) is 6.86. The monoisotopic (exact) mass is 330 g/mol. The van der Waals surface area contributed by atoms with E-state index in [0.717, 1.165) is 18.7 Å². The molecule has 1 aliphatic heterocycles. The number of hydrogen-bond acceptors (Lipinski definition) is 4. The fourth-order valence-electron chi connectivity index (χ4n) is 2.50. The first kappa shape index (κ1) is 18.3. The predicted octanol–water partition coefficient (Wildman–Crippen LogP) is 0.779. The lowest BCUT2D eigenvalue weighted by Gasteiger charge is -2.36. The number of nitrogens with two attached hydrogens (primary N) is 1. The summed E-state index contributed by atoms with van der Waals surface area (Å²) in [6.45, 7) is 2.75. The Labute approximate surface area is 134 Å². The number of halogens is 2. The molecule has 1 unspecified atom stereocenters. The molecular formula is C14H20ClFN4O2. The second-order valence-electron chi connectivity index (χ2n) is 4.97. The first-order chi connectivity index (χ1) is 10.1. The number of urea groups is 1. The molecule has 1 aromatic carbocycles. The molecule has 1 aliphatic rings. The van der Waals surface area contributed by atoms with E-state index in [1.165, 1.54) is 12.1 Å². The summed E-state index contributed by atoms with van der Waals surface area (Å²) in [6.07, 6.45) is 0.175. The summed E-state index contributed by atoms with van der Waals surface area (Å²) in [4.78, 5) is 24.2. The number of carbonyl (C=O) groups is 2. The Balaban J connectivity index is 0.00000242. The van der Waals surface area contributed by atoms with E-state index >= 15 is 0 Å². The zero-order valence-corrected chi connectivity index (χ0v) is 12.9. The molecule has 0 aliphatic carbocycles. The number of piperazine rings is 1. The van der Waals surface area contributed by atoms with Crippen LogP contribution in [0, 0.1) is 5.82 Å². The number of benzene rings is 1. The van der Waals surface area contributed by atoms with Crippen molar-refractivity contribution >= 4 is 24.3 Å². The van der Waals surface area contributed by atoms with E-state index in [2.05, 4.69) is 10.2 Å². The van der Waals surface area contributed by atoms with Crippen molar-refractivity contribution in [2.75, 3.05) is 26.2 Å². The van der Waals surface area contributed by atoms with Crippen LogP contribution in [0.15, 0.2) is 24.3 Å². The van der Waals surface area contributed by atoms with Gasteiger partial charge in [0.1, 0.15) is 5.82 Å². The van der Waals surface area contributed by atoms with E-state index in [1.807, 2.05) is 11.4 Å². The van der Waals surface area contributed by atoms with Crippen molar-refractivity contribution in [3.8, 4) is 0 Å². The molecule has 8 heteroatoms. The van der Waals surface area contributed by atoms with E-state index in [-0.39, 0.29) is 30.7 Å². The summed E-state index contributed by atoms with van der Waals surface area (Å²) >= 11 is 0. The summed E-state index contributed by atoms with van der Waals surface area (Å²) in [7, 11) is 0. The normalized spacial score (nSPS) is 18.3. The van der Waals surface area contributed by atoms with Crippen molar-refractivity contribution in [2.45, 2.75) is 12.5 Å². The van der Waals surface area contributed by atoms with Crippen LogP contribution in [0.25, 0.3) is 0 Å². The molecule has 0 aromatic heterocycles. The molecule has 1 aromatic rings. The third-order valence-corrected chi connectivity index (χ3v) is 3.48. The third kappa shape index (κ3) is 5.25. The molecule has 1 heterocycles. The van der Waals surface area contributed by atoms with Crippen LogP contribution in [0.3, 0.4) is 0 Å². The predicted molar refractivity (Wildman–Crippen MR) is 83.2 cm³/mol. The molecule has 0 spiro atoms. The standard InChI is InChI=1S/C14H19FN4O2.ClH/c15-11-3-1-2-10(8-11)12-9-17-5-7-19(12)6-4-13(20)18-14(16)21;/h1-3,8,12,17H,4-7,9H2,(H3,16,18,20,21);1H. The third-order valence-electron chi connectivity index (χ3n) is 3.48. The van der Waals surface area contributed by atoms with Crippen LogP contribution >= 0.6 is 12.4 Å². The van der Waals surface area contributed by atoms with Crippen LogP contribution in [0.1, 0.15) is 18.0 Å². The molecule has 0 saturated carbocycles. The lowest BCUT2D eigenvalue weighted by atomic mass is 10.0. The van der Waals surface area contributed by atoms with Gasteiger partial charge in [0, 0.05) is 38.6 Å². The highest BCUT2D eigenvalue weighted by atomic mass is 35.5. The number of nitrogens with one attached hydrogen (secondary N) is 2. The van der Waals surface area contributed by atoms with Gasteiger partial charge in [-0.1, -0.05) is 12.1 Å². The Hall–Kier alpha value is -1.70. The Kier molecular flexibility index (Phi) is 7.23. The maximum atomic E-state index is 13.4. The number of primary amides is 1. The zero-order valence-electron chi connectivity index (χ0n) is 12.0. The fourth-order valence-corrected chi connectivity index (χ4v) is 2.50. The van der Waals surface area contributed by atoms with Crippen molar-refractivity contribution in [3.63, 3.8) is 0 Å². The quantitative estimate of drug-likeness (QED) is 0.761. The number of hydrogen-bond donors (Lipinski definition) is 3. The van der Waals surface area contributed by atoms with Crippen LogP contribution < -0.4 is 16.4 Å². The van der Waals surface area contributed by atoms with Crippen molar-refractivity contribution < 1.29 is 14.0 Å². The summed E-state index contributed by atoms with van der Waals surface area (Å²) in [6, 6.07) is 5.63. The molecule has 122 valence electrons. The van der Waals surface area contributed by atoms with E-state index in [0.29, 0.717) is 13.1 Å². The number of carbonyl (C=O) groups excluding carboxylic acids is 2. The molecule has 1 saturated heterocycles. The Morgan fingerprint density at radius 1 is 1.45 bits per heavy atom. The van der Waals surface area contributed by atoms with E-state index in [1.54, 1.807) is 6.07 Å².